The third kappa shape index (κ3) is 4.37. The molecule has 1 aromatic carbocycles. The molecule has 1 amide bonds. The SMILES string of the molecule is Cc1[nH]nc(-c2ccccc2)c1S(=O)(=O)N1CCc2c(ncnc2NC(=O)CC23CC4CC(CC(C4)C2)C3)C1. The normalized spacial score (nSPS) is 27.9. The van der Waals surface area contributed by atoms with Gasteiger partial charge in [0.25, 0.3) is 0 Å². The average molecular weight is 547 g/mol. The second-order valence-corrected chi connectivity index (χ2v) is 14.1. The molecule has 4 aliphatic carbocycles. The zero-order chi connectivity index (χ0) is 26.8. The third-order valence-corrected chi connectivity index (χ3v) is 11.5. The summed E-state index contributed by atoms with van der Waals surface area (Å²) in [6.07, 6.45) is 10.0. The first kappa shape index (κ1) is 24.9. The molecule has 1 aliphatic heterocycles. The maximum atomic E-state index is 13.8. The van der Waals surface area contributed by atoms with Crippen molar-refractivity contribution in [3.8, 4) is 11.3 Å². The van der Waals surface area contributed by atoms with E-state index in [2.05, 4.69) is 25.5 Å². The van der Waals surface area contributed by atoms with Crippen LogP contribution in [0.1, 0.15) is 61.9 Å². The van der Waals surface area contributed by atoms with Crippen LogP contribution in [-0.2, 0) is 27.8 Å². The van der Waals surface area contributed by atoms with E-state index in [9.17, 15) is 13.2 Å². The monoisotopic (exact) mass is 546 g/mol. The first-order chi connectivity index (χ1) is 18.8. The van der Waals surface area contributed by atoms with Crippen molar-refractivity contribution < 1.29 is 13.2 Å². The van der Waals surface area contributed by atoms with Crippen LogP contribution in [0.25, 0.3) is 11.3 Å². The summed E-state index contributed by atoms with van der Waals surface area (Å²) in [5, 5.41) is 10.3. The van der Waals surface area contributed by atoms with E-state index in [1.165, 1.54) is 49.2 Å². The number of hydrogen-bond donors (Lipinski definition) is 2. The number of fused-ring (bicyclic) bond motifs is 1. The number of H-pyrrole nitrogens is 1. The molecule has 3 heterocycles. The Kier molecular flexibility index (Phi) is 5.89. The van der Waals surface area contributed by atoms with Crippen LogP contribution in [0.3, 0.4) is 0 Å². The van der Waals surface area contributed by atoms with Gasteiger partial charge in [-0.15, -0.1) is 0 Å². The molecule has 9 nitrogen and oxygen atoms in total. The van der Waals surface area contributed by atoms with Crippen LogP contribution in [0.5, 0.6) is 0 Å². The number of nitrogens with zero attached hydrogens (tertiary/aromatic N) is 4. The molecule has 4 fully saturated rings. The molecule has 2 aromatic heterocycles. The van der Waals surface area contributed by atoms with Gasteiger partial charge >= 0.3 is 0 Å². The Morgan fingerprint density at radius 1 is 1.08 bits per heavy atom. The van der Waals surface area contributed by atoms with Gasteiger partial charge in [-0.3, -0.25) is 9.89 Å². The first-order valence-electron chi connectivity index (χ1n) is 14.0. The van der Waals surface area contributed by atoms with Gasteiger partial charge in [0.15, 0.2) is 0 Å². The Hall–Kier alpha value is -3.11. The number of carbonyl (C=O) groups excluding carboxylic acids is 1. The lowest BCUT2D eigenvalue weighted by Gasteiger charge is -2.56. The number of anilines is 1. The largest absolute Gasteiger partial charge is 0.310 e. The minimum Gasteiger partial charge on any atom is -0.310 e. The van der Waals surface area contributed by atoms with Crippen molar-refractivity contribution in [2.45, 2.75) is 69.7 Å². The summed E-state index contributed by atoms with van der Waals surface area (Å²) in [5.74, 6) is 2.94. The minimum atomic E-state index is -3.85. The third-order valence-electron chi connectivity index (χ3n) is 9.47. The number of carbonyl (C=O) groups is 1. The number of nitrogens with one attached hydrogen (secondary N) is 2. The maximum absolute atomic E-state index is 13.8. The highest BCUT2D eigenvalue weighted by molar-refractivity contribution is 7.89. The Balaban J connectivity index is 1.10. The number of benzene rings is 1. The van der Waals surface area contributed by atoms with E-state index in [0.29, 0.717) is 35.7 Å². The summed E-state index contributed by atoms with van der Waals surface area (Å²) < 4.78 is 29.1. The molecule has 204 valence electrons. The van der Waals surface area contributed by atoms with Crippen molar-refractivity contribution in [3.05, 3.63) is 53.6 Å². The molecule has 10 heteroatoms. The van der Waals surface area contributed by atoms with E-state index in [-0.39, 0.29) is 29.3 Å². The van der Waals surface area contributed by atoms with Gasteiger partial charge in [-0.2, -0.15) is 9.40 Å². The van der Waals surface area contributed by atoms with Crippen LogP contribution in [-0.4, -0.2) is 45.3 Å². The van der Waals surface area contributed by atoms with Gasteiger partial charge in [-0.25, -0.2) is 18.4 Å². The predicted octanol–water partition coefficient (Wildman–Crippen LogP) is 4.47. The van der Waals surface area contributed by atoms with E-state index in [1.807, 2.05) is 30.3 Å². The van der Waals surface area contributed by atoms with Gasteiger partial charge < -0.3 is 5.32 Å². The summed E-state index contributed by atoms with van der Waals surface area (Å²) in [6, 6.07) is 9.32. The van der Waals surface area contributed by atoms with Gasteiger partial charge in [0.1, 0.15) is 22.7 Å². The fourth-order valence-corrected chi connectivity index (χ4v) is 10.0. The Morgan fingerprint density at radius 3 is 2.46 bits per heavy atom. The Labute approximate surface area is 228 Å². The molecular weight excluding hydrogens is 512 g/mol. The van der Waals surface area contributed by atoms with Crippen LogP contribution in [0.15, 0.2) is 41.6 Å². The van der Waals surface area contributed by atoms with Crippen molar-refractivity contribution in [1.29, 1.82) is 0 Å². The summed E-state index contributed by atoms with van der Waals surface area (Å²) in [6.45, 7) is 2.13. The summed E-state index contributed by atoms with van der Waals surface area (Å²) in [4.78, 5) is 22.3. The van der Waals surface area contributed by atoms with Crippen molar-refractivity contribution >= 4 is 21.7 Å². The molecule has 39 heavy (non-hydrogen) atoms. The summed E-state index contributed by atoms with van der Waals surface area (Å²) >= 11 is 0. The molecule has 8 rings (SSSR count). The Morgan fingerprint density at radius 2 is 1.77 bits per heavy atom. The second kappa shape index (κ2) is 9.23. The number of aromatic nitrogens is 4. The zero-order valence-corrected chi connectivity index (χ0v) is 23.0. The molecule has 5 aliphatic rings. The minimum absolute atomic E-state index is 0.0226. The van der Waals surface area contributed by atoms with E-state index >= 15 is 0 Å². The van der Waals surface area contributed by atoms with Gasteiger partial charge in [0.2, 0.25) is 15.9 Å². The van der Waals surface area contributed by atoms with Crippen molar-refractivity contribution in [3.63, 3.8) is 0 Å². The van der Waals surface area contributed by atoms with E-state index in [1.54, 1.807) is 6.92 Å². The predicted molar refractivity (Wildman–Crippen MR) is 146 cm³/mol. The van der Waals surface area contributed by atoms with Crippen LogP contribution < -0.4 is 5.32 Å². The molecule has 0 atom stereocenters. The first-order valence-corrected chi connectivity index (χ1v) is 15.5. The van der Waals surface area contributed by atoms with Crippen molar-refractivity contribution in [1.82, 2.24) is 24.5 Å². The number of aromatic amines is 1. The van der Waals surface area contributed by atoms with Gasteiger partial charge in [0, 0.05) is 24.1 Å². The summed E-state index contributed by atoms with van der Waals surface area (Å²) in [7, 11) is -3.85. The second-order valence-electron chi connectivity index (χ2n) is 12.3. The fourth-order valence-electron chi connectivity index (χ4n) is 8.32. The lowest BCUT2D eigenvalue weighted by molar-refractivity contribution is -0.124. The molecule has 2 N–H and O–H groups in total. The Bertz CT molecular complexity index is 1500. The van der Waals surface area contributed by atoms with Crippen LogP contribution in [0.4, 0.5) is 5.82 Å². The number of rotatable bonds is 6. The number of hydrogen-bond acceptors (Lipinski definition) is 6. The molecular formula is C29H34N6O3S. The fraction of sp³-hybridized carbons (Fsp3) is 0.517. The molecule has 0 unspecified atom stereocenters. The molecule has 0 radical (unpaired) electrons. The van der Waals surface area contributed by atoms with Crippen molar-refractivity contribution in [2.24, 2.45) is 23.2 Å². The summed E-state index contributed by atoms with van der Waals surface area (Å²) in [5.41, 5.74) is 3.26. The van der Waals surface area contributed by atoms with E-state index < -0.39 is 10.0 Å². The van der Waals surface area contributed by atoms with Gasteiger partial charge in [0.05, 0.1) is 17.9 Å². The zero-order valence-electron chi connectivity index (χ0n) is 22.2. The number of sulfonamides is 1. The van der Waals surface area contributed by atoms with E-state index in [0.717, 1.165) is 28.9 Å². The van der Waals surface area contributed by atoms with E-state index in [4.69, 9.17) is 0 Å². The number of aryl methyl sites for hydroxylation is 1. The standard InChI is InChI=1S/C29H34N6O3S/c1-18-27(26(34-33-18)22-5-3-2-4-6-22)39(37,38)35-8-7-23-24(16-35)30-17-31-28(23)32-25(36)15-29-12-19-9-20(13-29)11-21(10-19)14-29/h2-6,17,19-21H,7-16H2,1H3,(H,33,34)(H,30,31,32,36). The number of amides is 1. The lowest BCUT2D eigenvalue weighted by Crippen LogP contribution is -2.47. The van der Waals surface area contributed by atoms with Crippen LogP contribution >= 0.6 is 0 Å². The maximum Gasteiger partial charge on any atom is 0.247 e. The molecule has 4 saturated carbocycles. The van der Waals surface area contributed by atoms with Gasteiger partial charge in [-0.05, 0) is 75.0 Å². The topological polar surface area (TPSA) is 121 Å². The highest BCUT2D eigenvalue weighted by Crippen LogP contribution is 2.61. The van der Waals surface area contributed by atoms with Crippen LogP contribution in [0.2, 0.25) is 0 Å². The molecule has 0 spiro atoms. The highest BCUT2D eigenvalue weighted by Gasteiger charge is 2.51. The van der Waals surface area contributed by atoms with Crippen LogP contribution in [0, 0.1) is 30.1 Å². The van der Waals surface area contributed by atoms with Crippen molar-refractivity contribution in [2.75, 3.05) is 11.9 Å². The van der Waals surface area contributed by atoms with Gasteiger partial charge in [-0.1, -0.05) is 30.3 Å². The molecule has 4 bridgehead atoms. The quantitative estimate of drug-likeness (QED) is 0.471. The lowest BCUT2D eigenvalue weighted by atomic mass is 9.49. The molecule has 3 aromatic rings. The highest BCUT2D eigenvalue weighted by atomic mass is 32.2. The average Bonchev–Trinajstić information content (AvgIpc) is 3.30. The smallest absolute Gasteiger partial charge is 0.247 e. The molecule has 0 saturated heterocycles.